The summed E-state index contributed by atoms with van der Waals surface area (Å²) in [6.07, 6.45) is -0.927. The number of benzene rings is 2. The Kier molecular flexibility index (Phi) is 6.94. The zero-order valence-electron chi connectivity index (χ0n) is 16.1. The molecule has 0 saturated carbocycles. The molecule has 2 amide bonds. The number of nitrogens with one attached hydrogen (secondary N) is 2. The number of aliphatic hydroxyl groups is 1. The summed E-state index contributed by atoms with van der Waals surface area (Å²) in [7, 11) is 0. The van der Waals surface area contributed by atoms with Gasteiger partial charge in [0.2, 0.25) is 0 Å². The number of nitro benzene ring substituents is 1. The lowest BCUT2D eigenvalue weighted by atomic mass is 9.87. The van der Waals surface area contributed by atoms with Gasteiger partial charge < -0.3 is 20.5 Å². The molecule has 0 saturated heterocycles. The van der Waals surface area contributed by atoms with E-state index in [2.05, 4.69) is 31.4 Å². The Balaban J connectivity index is 1.73. The molecule has 0 aliphatic carbocycles. The molecule has 0 aromatic heterocycles. The van der Waals surface area contributed by atoms with E-state index in [-0.39, 0.29) is 24.3 Å². The Morgan fingerprint density at radius 1 is 1.14 bits per heavy atom. The van der Waals surface area contributed by atoms with E-state index in [9.17, 15) is 20.0 Å². The number of rotatable bonds is 7. The molecular formula is C20H25N3O5. The van der Waals surface area contributed by atoms with Crippen molar-refractivity contribution in [1.29, 1.82) is 0 Å². The normalized spacial score (nSPS) is 12.1. The maximum Gasteiger partial charge on any atom is 0.319 e. The van der Waals surface area contributed by atoms with Crippen molar-refractivity contribution in [2.24, 2.45) is 0 Å². The number of nitro groups is 1. The summed E-state index contributed by atoms with van der Waals surface area (Å²) in [6.45, 7) is 6.28. The van der Waals surface area contributed by atoms with Crippen molar-refractivity contribution < 1.29 is 19.6 Å². The smallest absolute Gasteiger partial charge is 0.319 e. The average Bonchev–Trinajstić information content (AvgIpc) is 2.64. The summed E-state index contributed by atoms with van der Waals surface area (Å²) in [5.74, 6) is 0.396. The number of ether oxygens (including phenoxy) is 1. The van der Waals surface area contributed by atoms with Gasteiger partial charge in [0, 0.05) is 24.4 Å². The van der Waals surface area contributed by atoms with Crippen LogP contribution in [0.15, 0.2) is 48.5 Å². The van der Waals surface area contributed by atoms with E-state index in [4.69, 9.17) is 4.74 Å². The van der Waals surface area contributed by atoms with Crippen molar-refractivity contribution in [2.75, 3.05) is 18.5 Å². The Morgan fingerprint density at radius 3 is 2.29 bits per heavy atom. The van der Waals surface area contributed by atoms with Crippen LogP contribution in [0, 0.1) is 10.1 Å². The van der Waals surface area contributed by atoms with Crippen molar-refractivity contribution in [3.63, 3.8) is 0 Å². The molecule has 0 unspecified atom stereocenters. The van der Waals surface area contributed by atoms with Gasteiger partial charge in [-0.15, -0.1) is 0 Å². The van der Waals surface area contributed by atoms with E-state index in [1.165, 1.54) is 24.3 Å². The van der Waals surface area contributed by atoms with Crippen LogP contribution in [-0.4, -0.2) is 35.3 Å². The molecule has 2 aromatic carbocycles. The third kappa shape index (κ3) is 6.55. The van der Waals surface area contributed by atoms with Crippen LogP contribution in [0.2, 0.25) is 0 Å². The molecule has 28 heavy (non-hydrogen) atoms. The standard InChI is InChI=1S/C20H25N3O5/c1-20(2,3)14-4-6-15(7-5-14)22-19(25)21-12-17(24)13-28-18-10-8-16(9-11-18)23(26)27/h4-11,17,24H,12-13H2,1-3H3,(H2,21,22,25)/t17-/m0/s1. The lowest BCUT2D eigenvalue weighted by molar-refractivity contribution is -0.384. The quantitative estimate of drug-likeness (QED) is 0.497. The van der Waals surface area contributed by atoms with E-state index >= 15 is 0 Å². The summed E-state index contributed by atoms with van der Waals surface area (Å²) >= 11 is 0. The summed E-state index contributed by atoms with van der Waals surface area (Å²) in [4.78, 5) is 22.0. The number of non-ortho nitro benzene ring substituents is 1. The van der Waals surface area contributed by atoms with Crippen LogP contribution in [0.5, 0.6) is 5.75 Å². The maximum absolute atomic E-state index is 11.9. The zero-order chi connectivity index (χ0) is 20.7. The fourth-order valence-corrected chi connectivity index (χ4v) is 2.35. The Bertz CT molecular complexity index is 798. The van der Waals surface area contributed by atoms with Gasteiger partial charge in [0.05, 0.1) is 4.92 Å². The lowest BCUT2D eigenvalue weighted by Crippen LogP contribution is -2.37. The minimum absolute atomic E-state index is 0.00110. The topological polar surface area (TPSA) is 114 Å². The van der Waals surface area contributed by atoms with Gasteiger partial charge in [-0.3, -0.25) is 10.1 Å². The second-order valence-electron chi connectivity index (χ2n) is 7.38. The summed E-state index contributed by atoms with van der Waals surface area (Å²) in [6, 6.07) is 12.7. The number of anilines is 1. The molecule has 8 heteroatoms. The molecule has 0 radical (unpaired) electrons. The number of carbonyl (C=O) groups is 1. The van der Waals surface area contributed by atoms with Crippen LogP contribution in [-0.2, 0) is 5.41 Å². The van der Waals surface area contributed by atoms with Crippen molar-refractivity contribution >= 4 is 17.4 Å². The van der Waals surface area contributed by atoms with E-state index < -0.39 is 17.1 Å². The first-order valence-corrected chi connectivity index (χ1v) is 8.86. The number of amides is 2. The third-order valence-corrected chi connectivity index (χ3v) is 4.00. The predicted molar refractivity (Wildman–Crippen MR) is 107 cm³/mol. The van der Waals surface area contributed by atoms with Crippen LogP contribution >= 0.6 is 0 Å². The summed E-state index contributed by atoms with van der Waals surface area (Å²) in [5.41, 5.74) is 1.82. The first-order chi connectivity index (χ1) is 13.1. The highest BCUT2D eigenvalue weighted by Gasteiger charge is 2.13. The monoisotopic (exact) mass is 387 g/mol. The van der Waals surface area contributed by atoms with Gasteiger partial charge in [-0.05, 0) is 35.2 Å². The van der Waals surface area contributed by atoms with Gasteiger partial charge >= 0.3 is 6.03 Å². The van der Waals surface area contributed by atoms with E-state index in [0.29, 0.717) is 11.4 Å². The molecule has 1 atom stereocenters. The molecule has 0 spiro atoms. The molecule has 2 rings (SSSR count). The molecule has 0 aliphatic rings. The highest BCUT2D eigenvalue weighted by molar-refractivity contribution is 5.89. The van der Waals surface area contributed by atoms with E-state index in [0.717, 1.165) is 5.56 Å². The number of carbonyl (C=O) groups excluding carboxylic acids is 1. The van der Waals surface area contributed by atoms with Crippen molar-refractivity contribution in [1.82, 2.24) is 5.32 Å². The van der Waals surface area contributed by atoms with Gasteiger partial charge in [-0.1, -0.05) is 32.9 Å². The van der Waals surface area contributed by atoms with Crippen LogP contribution in [0.1, 0.15) is 26.3 Å². The van der Waals surface area contributed by atoms with Gasteiger partial charge in [0.15, 0.2) is 0 Å². The number of aliphatic hydroxyl groups excluding tert-OH is 1. The fourth-order valence-electron chi connectivity index (χ4n) is 2.35. The molecular weight excluding hydrogens is 362 g/mol. The number of nitrogens with zero attached hydrogens (tertiary/aromatic N) is 1. The Labute approximate surface area is 163 Å². The number of urea groups is 1. The first-order valence-electron chi connectivity index (χ1n) is 8.86. The number of hydrogen-bond acceptors (Lipinski definition) is 5. The Morgan fingerprint density at radius 2 is 1.75 bits per heavy atom. The minimum atomic E-state index is -0.927. The van der Waals surface area contributed by atoms with Gasteiger partial charge in [0.1, 0.15) is 18.5 Å². The minimum Gasteiger partial charge on any atom is -0.491 e. The largest absolute Gasteiger partial charge is 0.491 e. The molecule has 150 valence electrons. The summed E-state index contributed by atoms with van der Waals surface area (Å²) < 4.78 is 5.35. The van der Waals surface area contributed by atoms with Crippen LogP contribution < -0.4 is 15.4 Å². The van der Waals surface area contributed by atoms with E-state index in [1.807, 2.05) is 24.3 Å². The van der Waals surface area contributed by atoms with Crippen molar-refractivity contribution in [3.05, 3.63) is 64.2 Å². The van der Waals surface area contributed by atoms with Crippen LogP contribution in [0.3, 0.4) is 0 Å². The number of hydrogen-bond donors (Lipinski definition) is 3. The van der Waals surface area contributed by atoms with E-state index in [1.54, 1.807) is 0 Å². The molecule has 0 aliphatic heterocycles. The SMILES string of the molecule is CC(C)(C)c1ccc(NC(=O)NC[C@H](O)COc2ccc([N+](=O)[O-])cc2)cc1. The average molecular weight is 387 g/mol. The second-order valence-corrected chi connectivity index (χ2v) is 7.38. The lowest BCUT2D eigenvalue weighted by Gasteiger charge is -2.19. The van der Waals surface area contributed by atoms with Crippen LogP contribution in [0.4, 0.5) is 16.2 Å². The van der Waals surface area contributed by atoms with Crippen LogP contribution in [0.25, 0.3) is 0 Å². The predicted octanol–water partition coefficient (Wildman–Crippen LogP) is 3.45. The van der Waals surface area contributed by atoms with Crippen molar-refractivity contribution in [2.45, 2.75) is 32.3 Å². The molecule has 0 heterocycles. The van der Waals surface area contributed by atoms with Gasteiger partial charge in [0.25, 0.3) is 5.69 Å². The molecule has 0 bridgehead atoms. The van der Waals surface area contributed by atoms with Gasteiger partial charge in [-0.2, -0.15) is 0 Å². The third-order valence-electron chi connectivity index (χ3n) is 4.00. The Hall–Kier alpha value is -3.13. The highest BCUT2D eigenvalue weighted by atomic mass is 16.6. The first kappa shape index (κ1) is 21.2. The molecule has 8 nitrogen and oxygen atoms in total. The molecule has 0 fully saturated rings. The maximum atomic E-state index is 11.9. The molecule has 2 aromatic rings. The fraction of sp³-hybridized carbons (Fsp3) is 0.350. The second kappa shape index (κ2) is 9.18. The zero-order valence-corrected chi connectivity index (χ0v) is 16.1. The highest BCUT2D eigenvalue weighted by Crippen LogP contribution is 2.23. The van der Waals surface area contributed by atoms with Gasteiger partial charge in [-0.25, -0.2) is 4.79 Å². The molecule has 3 N–H and O–H groups in total. The summed E-state index contributed by atoms with van der Waals surface area (Å²) in [5, 5.41) is 25.8. The van der Waals surface area contributed by atoms with Crippen molar-refractivity contribution in [3.8, 4) is 5.75 Å².